The molecule has 0 fully saturated rings. The SMILES string of the molecule is CCC(=O)N1c2ccc(S(=O)(=O)N3CCc4ccccc4C3)cc2C[C@@H]1C. The Kier molecular flexibility index (Phi) is 4.56. The molecule has 1 atom stereocenters. The van der Waals surface area contributed by atoms with Crippen LogP contribution in [0.1, 0.15) is 37.0 Å². The van der Waals surface area contributed by atoms with Gasteiger partial charge in [0.25, 0.3) is 0 Å². The summed E-state index contributed by atoms with van der Waals surface area (Å²) in [5.74, 6) is 0.0736. The zero-order valence-corrected chi connectivity index (χ0v) is 16.5. The van der Waals surface area contributed by atoms with E-state index in [0.717, 1.165) is 23.2 Å². The molecule has 2 aromatic carbocycles. The van der Waals surface area contributed by atoms with E-state index >= 15 is 0 Å². The maximum atomic E-state index is 13.2. The Morgan fingerprint density at radius 2 is 1.85 bits per heavy atom. The molecule has 0 spiro atoms. The smallest absolute Gasteiger partial charge is 0.243 e. The summed E-state index contributed by atoms with van der Waals surface area (Å²) < 4.78 is 28.0. The van der Waals surface area contributed by atoms with E-state index in [1.807, 2.05) is 32.0 Å². The van der Waals surface area contributed by atoms with E-state index in [9.17, 15) is 13.2 Å². The third-order valence-corrected chi connectivity index (χ3v) is 7.41. The van der Waals surface area contributed by atoms with E-state index in [0.29, 0.717) is 30.8 Å². The molecule has 142 valence electrons. The third kappa shape index (κ3) is 3.07. The summed E-state index contributed by atoms with van der Waals surface area (Å²) >= 11 is 0. The van der Waals surface area contributed by atoms with E-state index in [1.54, 1.807) is 27.4 Å². The van der Waals surface area contributed by atoms with Crippen LogP contribution in [0.25, 0.3) is 0 Å². The van der Waals surface area contributed by atoms with Gasteiger partial charge in [0.1, 0.15) is 0 Å². The van der Waals surface area contributed by atoms with Crippen molar-refractivity contribution < 1.29 is 13.2 Å². The second-order valence-electron chi connectivity index (χ2n) is 7.32. The molecule has 0 aliphatic carbocycles. The zero-order chi connectivity index (χ0) is 19.2. The van der Waals surface area contributed by atoms with Crippen LogP contribution in [0.3, 0.4) is 0 Å². The van der Waals surface area contributed by atoms with Gasteiger partial charge in [0, 0.05) is 31.2 Å². The van der Waals surface area contributed by atoms with Crippen LogP contribution in [0.2, 0.25) is 0 Å². The first-order valence-electron chi connectivity index (χ1n) is 9.43. The fraction of sp³-hybridized carbons (Fsp3) is 0.381. The molecule has 0 N–H and O–H groups in total. The van der Waals surface area contributed by atoms with Crippen molar-refractivity contribution in [1.82, 2.24) is 4.31 Å². The highest BCUT2D eigenvalue weighted by molar-refractivity contribution is 7.89. The maximum absolute atomic E-state index is 13.2. The summed E-state index contributed by atoms with van der Waals surface area (Å²) in [5.41, 5.74) is 4.07. The van der Waals surface area contributed by atoms with Gasteiger partial charge in [-0.2, -0.15) is 4.31 Å². The van der Waals surface area contributed by atoms with E-state index in [2.05, 4.69) is 6.07 Å². The van der Waals surface area contributed by atoms with Crippen molar-refractivity contribution in [2.75, 3.05) is 11.4 Å². The van der Waals surface area contributed by atoms with Crippen LogP contribution in [0.4, 0.5) is 5.69 Å². The number of amides is 1. The summed E-state index contributed by atoms with van der Waals surface area (Å²) in [4.78, 5) is 14.3. The molecular formula is C21H24N2O3S. The number of benzene rings is 2. The van der Waals surface area contributed by atoms with Gasteiger partial charge in [-0.3, -0.25) is 4.79 Å². The average Bonchev–Trinajstić information content (AvgIpc) is 3.01. The Hall–Kier alpha value is -2.18. The third-order valence-electron chi connectivity index (χ3n) is 5.57. The maximum Gasteiger partial charge on any atom is 0.243 e. The van der Waals surface area contributed by atoms with Crippen LogP contribution >= 0.6 is 0 Å². The summed E-state index contributed by atoms with van der Waals surface area (Å²) in [5, 5.41) is 0. The molecule has 0 bridgehead atoms. The van der Waals surface area contributed by atoms with E-state index in [-0.39, 0.29) is 11.9 Å². The van der Waals surface area contributed by atoms with Gasteiger partial charge >= 0.3 is 0 Å². The normalized spacial score (nSPS) is 19.6. The number of hydrogen-bond donors (Lipinski definition) is 0. The molecule has 2 aliphatic rings. The van der Waals surface area contributed by atoms with Crippen molar-refractivity contribution in [2.24, 2.45) is 0 Å². The van der Waals surface area contributed by atoms with Crippen molar-refractivity contribution in [3.63, 3.8) is 0 Å². The second-order valence-corrected chi connectivity index (χ2v) is 9.26. The topological polar surface area (TPSA) is 57.7 Å². The molecule has 2 aliphatic heterocycles. The lowest BCUT2D eigenvalue weighted by atomic mass is 10.0. The first-order valence-corrected chi connectivity index (χ1v) is 10.9. The number of carbonyl (C=O) groups is 1. The number of nitrogens with zero attached hydrogens (tertiary/aromatic N) is 2. The van der Waals surface area contributed by atoms with Crippen molar-refractivity contribution in [1.29, 1.82) is 0 Å². The molecule has 0 unspecified atom stereocenters. The van der Waals surface area contributed by atoms with Gasteiger partial charge in [0.05, 0.1) is 4.90 Å². The Morgan fingerprint density at radius 3 is 2.59 bits per heavy atom. The van der Waals surface area contributed by atoms with Crippen LogP contribution in [0.5, 0.6) is 0 Å². The minimum atomic E-state index is -3.56. The van der Waals surface area contributed by atoms with Gasteiger partial charge in [-0.05, 0) is 54.7 Å². The standard InChI is InChI=1S/C21H24N2O3S/c1-3-21(24)23-15(2)12-18-13-19(8-9-20(18)23)27(25,26)22-11-10-16-6-4-5-7-17(16)14-22/h4-9,13,15H,3,10-12,14H2,1-2H3/t15-/m0/s1. The molecule has 2 aromatic rings. The van der Waals surface area contributed by atoms with Crippen molar-refractivity contribution in [2.45, 2.75) is 50.6 Å². The number of carbonyl (C=O) groups excluding carboxylic acids is 1. The minimum Gasteiger partial charge on any atom is -0.309 e. The fourth-order valence-corrected chi connectivity index (χ4v) is 5.61. The van der Waals surface area contributed by atoms with E-state index in [4.69, 9.17) is 0 Å². The van der Waals surface area contributed by atoms with E-state index < -0.39 is 10.0 Å². The predicted molar refractivity (Wildman–Crippen MR) is 105 cm³/mol. The fourth-order valence-electron chi connectivity index (χ4n) is 4.14. The molecule has 0 aromatic heterocycles. The van der Waals surface area contributed by atoms with Crippen LogP contribution < -0.4 is 4.90 Å². The lowest BCUT2D eigenvalue weighted by Crippen LogP contribution is -2.36. The van der Waals surface area contributed by atoms with Crippen molar-refractivity contribution in [3.05, 3.63) is 59.2 Å². The van der Waals surface area contributed by atoms with Gasteiger partial charge in [-0.25, -0.2) is 8.42 Å². The van der Waals surface area contributed by atoms with Crippen LogP contribution in [0, 0.1) is 0 Å². The molecule has 0 saturated carbocycles. The lowest BCUT2D eigenvalue weighted by Gasteiger charge is -2.28. The van der Waals surface area contributed by atoms with Crippen LogP contribution in [0.15, 0.2) is 47.4 Å². The lowest BCUT2D eigenvalue weighted by molar-refractivity contribution is -0.118. The highest BCUT2D eigenvalue weighted by Gasteiger charge is 2.33. The Bertz CT molecular complexity index is 1000. The monoisotopic (exact) mass is 384 g/mol. The summed E-state index contributed by atoms with van der Waals surface area (Å²) in [6.45, 7) is 4.75. The number of anilines is 1. The van der Waals surface area contributed by atoms with Crippen molar-refractivity contribution in [3.8, 4) is 0 Å². The molecule has 1 amide bonds. The van der Waals surface area contributed by atoms with Gasteiger partial charge in [0.2, 0.25) is 15.9 Å². The highest BCUT2D eigenvalue weighted by atomic mass is 32.2. The second kappa shape index (κ2) is 6.77. The first-order chi connectivity index (χ1) is 12.9. The Labute approximate surface area is 160 Å². The van der Waals surface area contributed by atoms with Gasteiger partial charge in [-0.1, -0.05) is 31.2 Å². The first kappa shape index (κ1) is 18.2. The summed E-state index contributed by atoms with van der Waals surface area (Å²) in [7, 11) is -3.56. The summed E-state index contributed by atoms with van der Waals surface area (Å²) in [6, 6.07) is 13.3. The zero-order valence-electron chi connectivity index (χ0n) is 15.7. The number of hydrogen-bond acceptors (Lipinski definition) is 3. The quantitative estimate of drug-likeness (QED) is 0.817. The molecule has 5 nitrogen and oxygen atoms in total. The molecule has 0 saturated heterocycles. The largest absolute Gasteiger partial charge is 0.309 e. The van der Waals surface area contributed by atoms with Gasteiger partial charge in [-0.15, -0.1) is 0 Å². The van der Waals surface area contributed by atoms with Crippen LogP contribution in [-0.4, -0.2) is 31.2 Å². The molecule has 0 radical (unpaired) electrons. The van der Waals surface area contributed by atoms with Gasteiger partial charge in [0.15, 0.2) is 0 Å². The molecule has 2 heterocycles. The highest BCUT2D eigenvalue weighted by Crippen LogP contribution is 2.35. The summed E-state index contributed by atoms with van der Waals surface area (Å²) in [6.07, 6.45) is 1.86. The average molecular weight is 385 g/mol. The van der Waals surface area contributed by atoms with Crippen molar-refractivity contribution >= 4 is 21.6 Å². The van der Waals surface area contributed by atoms with Crippen LogP contribution in [-0.2, 0) is 34.2 Å². The molecule has 4 rings (SSSR count). The van der Waals surface area contributed by atoms with Gasteiger partial charge < -0.3 is 4.90 Å². The molecule has 27 heavy (non-hydrogen) atoms. The Balaban J connectivity index is 1.65. The number of sulfonamides is 1. The Morgan fingerprint density at radius 1 is 1.11 bits per heavy atom. The molecular weight excluding hydrogens is 360 g/mol. The molecule has 6 heteroatoms. The van der Waals surface area contributed by atoms with E-state index in [1.165, 1.54) is 5.56 Å². The number of fused-ring (bicyclic) bond motifs is 2. The predicted octanol–water partition coefficient (Wildman–Crippen LogP) is 3.12. The minimum absolute atomic E-state index is 0.0623. The number of rotatable bonds is 3.